The van der Waals surface area contributed by atoms with E-state index in [1.165, 1.54) is 4.88 Å². The molecular formula is C13H21N3O3S. The average molecular weight is 299 g/mol. The van der Waals surface area contributed by atoms with E-state index < -0.39 is 6.10 Å². The van der Waals surface area contributed by atoms with E-state index in [0.717, 1.165) is 12.1 Å². The smallest absolute Gasteiger partial charge is 0.221 e. The third-order valence-electron chi connectivity index (χ3n) is 3.25. The molecule has 20 heavy (non-hydrogen) atoms. The Labute approximate surface area is 122 Å². The largest absolute Gasteiger partial charge is 0.389 e. The Balaban J connectivity index is 1.53. The highest BCUT2D eigenvalue weighted by Gasteiger charge is 2.21. The number of ether oxygens (including phenoxy) is 1. The van der Waals surface area contributed by atoms with E-state index in [1.807, 2.05) is 12.4 Å². The summed E-state index contributed by atoms with van der Waals surface area (Å²) in [5.74, 6) is 0.0631. The molecule has 7 heteroatoms. The van der Waals surface area contributed by atoms with Crippen LogP contribution in [0.3, 0.4) is 0 Å². The lowest BCUT2D eigenvalue weighted by atomic mass is 10.2. The number of nitrogens with one attached hydrogen (secondary N) is 2. The minimum absolute atomic E-state index is 0.0631. The summed E-state index contributed by atoms with van der Waals surface area (Å²) in [6.45, 7) is 3.96. The number of carbonyl (C=O) groups excluding carboxylic acids is 1. The van der Waals surface area contributed by atoms with Crippen LogP contribution in [0.15, 0.2) is 5.51 Å². The maximum atomic E-state index is 11.0. The summed E-state index contributed by atoms with van der Waals surface area (Å²) in [5.41, 5.74) is 2.89. The van der Waals surface area contributed by atoms with E-state index in [-0.39, 0.29) is 11.9 Å². The van der Waals surface area contributed by atoms with Crippen molar-refractivity contribution < 1.29 is 14.6 Å². The summed E-state index contributed by atoms with van der Waals surface area (Å²) in [4.78, 5) is 16.4. The number of amides is 1. The zero-order valence-corrected chi connectivity index (χ0v) is 12.4. The van der Waals surface area contributed by atoms with E-state index in [0.29, 0.717) is 32.7 Å². The van der Waals surface area contributed by atoms with Crippen LogP contribution in [0.25, 0.3) is 0 Å². The van der Waals surface area contributed by atoms with Gasteiger partial charge in [0.15, 0.2) is 0 Å². The van der Waals surface area contributed by atoms with Crippen LogP contribution in [0.1, 0.15) is 17.0 Å². The van der Waals surface area contributed by atoms with Crippen molar-refractivity contribution in [1.82, 2.24) is 15.6 Å². The van der Waals surface area contributed by atoms with Crippen molar-refractivity contribution in [1.29, 1.82) is 0 Å². The SMILES string of the molecule is Cc1ncsc1CCOCC(O)CNC1CNC(=O)C1. The maximum absolute atomic E-state index is 11.0. The Kier molecular flexibility index (Phi) is 5.90. The Bertz CT molecular complexity index is 438. The van der Waals surface area contributed by atoms with Crippen LogP contribution in [0.5, 0.6) is 0 Å². The van der Waals surface area contributed by atoms with E-state index in [9.17, 15) is 9.90 Å². The van der Waals surface area contributed by atoms with Crippen LogP contribution in [0.4, 0.5) is 0 Å². The van der Waals surface area contributed by atoms with E-state index in [1.54, 1.807) is 11.3 Å². The van der Waals surface area contributed by atoms with Crippen molar-refractivity contribution in [2.75, 3.05) is 26.3 Å². The fraction of sp³-hybridized carbons (Fsp3) is 0.692. The highest BCUT2D eigenvalue weighted by Crippen LogP contribution is 2.12. The van der Waals surface area contributed by atoms with Gasteiger partial charge in [-0.25, -0.2) is 4.98 Å². The number of nitrogens with zero attached hydrogens (tertiary/aromatic N) is 1. The average Bonchev–Trinajstić information content (AvgIpc) is 3.01. The van der Waals surface area contributed by atoms with Crippen LogP contribution in [0.2, 0.25) is 0 Å². The molecule has 0 aliphatic carbocycles. The van der Waals surface area contributed by atoms with Gasteiger partial charge in [0, 0.05) is 36.9 Å². The van der Waals surface area contributed by atoms with Gasteiger partial charge in [-0.05, 0) is 6.92 Å². The van der Waals surface area contributed by atoms with Gasteiger partial charge in [0.05, 0.1) is 30.5 Å². The van der Waals surface area contributed by atoms with Crippen molar-refractivity contribution in [3.63, 3.8) is 0 Å². The first-order valence-electron chi connectivity index (χ1n) is 6.80. The van der Waals surface area contributed by atoms with Gasteiger partial charge in [0.1, 0.15) is 0 Å². The van der Waals surface area contributed by atoms with Crippen LogP contribution in [0, 0.1) is 6.92 Å². The standard InChI is InChI=1S/C13H21N3O3S/c1-9-12(20-8-16-9)2-3-19-7-11(17)6-14-10-4-13(18)15-5-10/h8,10-11,14,17H,2-7H2,1H3,(H,15,18). The van der Waals surface area contributed by atoms with Gasteiger partial charge in [0.2, 0.25) is 5.91 Å². The molecule has 1 amide bonds. The second-order valence-corrected chi connectivity index (χ2v) is 5.89. The first kappa shape index (κ1) is 15.4. The predicted octanol–water partition coefficient (Wildman–Crippen LogP) is -0.150. The molecule has 1 aromatic heterocycles. The molecule has 1 aliphatic heterocycles. The summed E-state index contributed by atoms with van der Waals surface area (Å²) < 4.78 is 5.47. The van der Waals surface area contributed by atoms with E-state index in [4.69, 9.17) is 4.74 Å². The molecule has 1 fully saturated rings. The number of aliphatic hydroxyl groups is 1. The fourth-order valence-corrected chi connectivity index (χ4v) is 2.82. The van der Waals surface area contributed by atoms with Crippen molar-refractivity contribution in [2.24, 2.45) is 0 Å². The first-order valence-corrected chi connectivity index (χ1v) is 7.68. The summed E-state index contributed by atoms with van der Waals surface area (Å²) >= 11 is 1.63. The van der Waals surface area contributed by atoms with Gasteiger partial charge in [-0.1, -0.05) is 0 Å². The monoisotopic (exact) mass is 299 g/mol. The number of aromatic nitrogens is 1. The molecule has 2 unspecified atom stereocenters. The highest BCUT2D eigenvalue weighted by atomic mass is 32.1. The molecule has 0 aromatic carbocycles. The second kappa shape index (κ2) is 7.68. The number of hydrogen-bond donors (Lipinski definition) is 3. The molecule has 2 heterocycles. The lowest BCUT2D eigenvalue weighted by Gasteiger charge is -2.15. The molecule has 1 saturated heterocycles. The van der Waals surface area contributed by atoms with Crippen molar-refractivity contribution in [2.45, 2.75) is 31.9 Å². The highest BCUT2D eigenvalue weighted by molar-refractivity contribution is 7.09. The molecule has 0 spiro atoms. The molecule has 0 radical (unpaired) electrons. The second-order valence-electron chi connectivity index (χ2n) is 4.95. The summed E-state index contributed by atoms with van der Waals surface area (Å²) in [5, 5.41) is 15.7. The van der Waals surface area contributed by atoms with Gasteiger partial charge >= 0.3 is 0 Å². The molecule has 2 atom stereocenters. The first-order chi connectivity index (χ1) is 9.65. The zero-order chi connectivity index (χ0) is 14.4. The lowest BCUT2D eigenvalue weighted by Crippen LogP contribution is -2.38. The molecule has 1 aromatic rings. The molecule has 6 nitrogen and oxygen atoms in total. The van der Waals surface area contributed by atoms with Crippen molar-refractivity contribution in [3.8, 4) is 0 Å². The molecule has 2 rings (SSSR count). The maximum Gasteiger partial charge on any atom is 0.221 e. The van der Waals surface area contributed by atoms with E-state index in [2.05, 4.69) is 15.6 Å². The number of thiazole rings is 1. The third kappa shape index (κ3) is 4.82. The van der Waals surface area contributed by atoms with Crippen LogP contribution >= 0.6 is 11.3 Å². The molecule has 0 bridgehead atoms. The summed E-state index contributed by atoms with van der Waals surface area (Å²) in [7, 11) is 0. The molecular weight excluding hydrogens is 278 g/mol. The quantitative estimate of drug-likeness (QED) is 0.582. The van der Waals surface area contributed by atoms with Gasteiger partial charge in [-0.2, -0.15) is 0 Å². The number of aryl methyl sites for hydroxylation is 1. The number of carbonyl (C=O) groups is 1. The predicted molar refractivity (Wildman–Crippen MR) is 76.8 cm³/mol. The normalized spacial score (nSPS) is 20.1. The Morgan fingerprint density at radius 3 is 3.20 bits per heavy atom. The number of hydrogen-bond acceptors (Lipinski definition) is 6. The van der Waals surface area contributed by atoms with Gasteiger partial charge < -0.3 is 20.5 Å². The third-order valence-corrected chi connectivity index (χ3v) is 4.24. The van der Waals surface area contributed by atoms with E-state index >= 15 is 0 Å². The fourth-order valence-electron chi connectivity index (χ4n) is 2.06. The number of aliphatic hydroxyl groups excluding tert-OH is 1. The summed E-state index contributed by atoms with van der Waals surface area (Å²) in [6, 6.07) is 0.122. The topological polar surface area (TPSA) is 83.5 Å². The van der Waals surface area contributed by atoms with Crippen molar-refractivity contribution in [3.05, 3.63) is 16.1 Å². The molecule has 3 N–H and O–H groups in total. The molecule has 0 saturated carbocycles. The number of rotatable bonds is 8. The zero-order valence-electron chi connectivity index (χ0n) is 11.6. The van der Waals surface area contributed by atoms with Crippen molar-refractivity contribution >= 4 is 17.2 Å². The minimum atomic E-state index is -0.548. The van der Waals surface area contributed by atoms with Gasteiger partial charge in [-0.15, -0.1) is 11.3 Å². The van der Waals surface area contributed by atoms with Gasteiger partial charge in [-0.3, -0.25) is 4.79 Å². The van der Waals surface area contributed by atoms with Crippen LogP contribution in [-0.4, -0.2) is 54.4 Å². The van der Waals surface area contributed by atoms with Crippen LogP contribution in [-0.2, 0) is 16.0 Å². The lowest BCUT2D eigenvalue weighted by molar-refractivity contribution is -0.119. The summed E-state index contributed by atoms with van der Waals surface area (Å²) in [6.07, 6.45) is 0.767. The Morgan fingerprint density at radius 1 is 1.70 bits per heavy atom. The Hall–Kier alpha value is -1.02. The molecule has 1 aliphatic rings. The minimum Gasteiger partial charge on any atom is -0.389 e. The van der Waals surface area contributed by atoms with Crippen LogP contribution < -0.4 is 10.6 Å². The Morgan fingerprint density at radius 2 is 2.55 bits per heavy atom. The van der Waals surface area contributed by atoms with Gasteiger partial charge in [0.25, 0.3) is 0 Å². The molecule has 112 valence electrons.